The van der Waals surface area contributed by atoms with Crippen LogP contribution in [-0.2, 0) is 6.54 Å². The number of hydrogen-bond donors (Lipinski definition) is 1. The van der Waals surface area contributed by atoms with Crippen LogP contribution in [0.25, 0.3) is 0 Å². The average molecular weight is 259 g/mol. The van der Waals surface area contributed by atoms with Crippen molar-refractivity contribution in [2.45, 2.75) is 46.2 Å². The van der Waals surface area contributed by atoms with Gasteiger partial charge in [-0.2, -0.15) is 0 Å². The van der Waals surface area contributed by atoms with Crippen LogP contribution in [0, 0.1) is 18.8 Å². The van der Waals surface area contributed by atoms with E-state index in [-0.39, 0.29) is 0 Å². The Morgan fingerprint density at radius 1 is 1.21 bits per heavy atom. The molecule has 19 heavy (non-hydrogen) atoms. The largest absolute Gasteiger partial charge is 0.356 e. The van der Waals surface area contributed by atoms with Gasteiger partial charge in [0.15, 0.2) is 0 Å². The van der Waals surface area contributed by atoms with Crippen LogP contribution in [0.2, 0.25) is 0 Å². The molecule has 0 spiro atoms. The van der Waals surface area contributed by atoms with Gasteiger partial charge in [0.2, 0.25) is 0 Å². The second kappa shape index (κ2) is 5.12. The lowest BCUT2D eigenvalue weighted by atomic mass is 10.0. The average Bonchev–Trinajstić information content (AvgIpc) is 3.13. The number of pyridine rings is 1. The first-order chi connectivity index (χ1) is 9.11. The van der Waals surface area contributed by atoms with Crippen LogP contribution in [0.4, 0.5) is 5.82 Å². The molecule has 104 valence electrons. The molecular formula is C16H25N3. The summed E-state index contributed by atoms with van der Waals surface area (Å²) < 4.78 is 0. The number of hydrogen-bond acceptors (Lipinski definition) is 3. The Balaban J connectivity index is 1.73. The fourth-order valence-corrected chi connectivity index (χ4v) is 2.85. The second-order valence-corrected chi connectivity index (χ2v) is 6.49. The zero-order valence-corrected chi connectivity index (χ0v) is 12.3. The van der Waals surface area contributed by atoms with E-state index in [0.29, 0.717) is 0 Å². The Hall–Kier alpha value is -1.09. The van der Waals surface area contributed by atoms with Gasteiger partial charge in [-0.15, -0.1) is 0 Å². The number of aromatic nitrogens is 1. The highest BCUT2D eigenvalue weighted by Gasteiger charge is 2.27. The highest BCUT2D eigenvalue weighted by Crippen LogP contribution is 2.27. The molecule has 2 heterocycles. The van der Waals surface area contributed by atoms with Crippen molar-refractivity contribution in [1.82, 2.24) is 10.3 Å². The molecule has 3 heteroatoms. The highest BCUT2D eigenvalue weighted by atomic mass is 15.2. The Morgan fingerprint density at radius 3 is 2.53 bits per heavy atom. The minimum atomic E-state index is 0.767. The smallest absolute Gasteiger partial charge is 0.129 e. The van der Waals surface area contributed by atoms with Gasteiger partial charge in [-0.1, -0.05) is 13.8 Å². The summed E-state index contributed by atoms with van der Waals surface area (Å²) in [6.45, 7) is 10.1. The van der Waals surface area contributed by atoms with Crippen molar-refractivity contribution in [1.29, 1.82) is 0 Å². The molecule has 3 rings (SSSR count). The van der Waals surface area contributed by atoms with Crippen molar-refractivity contribution < 1.29 is 0 Å². The standard InChI is InChI=1S/C16H25N3/c1-11-9-19(10-12(11)2)16-7-14(6-13(3)18-16)8-17-15-4-5-15/h6-7,11-12,15,17H,4-5,8-10H2,1-3H3. The quantitative estimate of drug-likeness (QED) is 0.901. The molecule has 0 bridgehead atoms. The van der Waals surface area contributed by atoms with Crippen LogP contribution in [0.1, 0.15) is 37.9 Å². The van der Waals surface area contributed by atoms with Gasteiger partial charge in [0.05, 0.1) is 0 Å². The maximum Gasteiger partial charge on any atom is 0.129 e. The zero-order valence-electron chi connectivity index (χ0n) is 12.3. The van der Waals surface area contributed by atoms with Gasteiger partial charge in [-0.25, -0.2) is 4.98 Å². The first-order valence-electron chi connectivity index (χ1n) is 7.57. The number of nitrogens with one attached hydrogen (secondary N) is 1. The van der Waals surface area contributed by atoms with Gasteiger partial charge in [0.1, 0.15) is 5.82 Å². The van der Waals surface area contributed by atoms with E-state index in [4.69, 9.17) is 4.98 Å². The normalized spacial score (nSPS) is 27.0. The lowest BCUT2D eigenvalue weighted by Crippen LogP contribution is -2.22. The number of anilines is 1. The first-order valence-corrected chi connectivity index (χ1v) is 7.57. The lowest BCUT2D eigenvalue weighted by molar-refractivity contribution is 0.494. The maximum atomic E-state index is 4.73. The van der Waals surface area contributed by atoms with E-state index in [0.717, 1.165) is 43.2 Å². The predicted molar refractivity (Wildman–Crippen MR) is 79.4 cm³/mol. The van der Waals surface area contributed by atoms with Crippen LogP contribution in [0.3, 0.4) is 0 Å². The lowest BCUT2D eigenvalue weighted by Gasteiger charge is -2.19. The van der Waals surface area contributed by atoms with E-state index < -0.39 is 0 Å². The van der Waals surface area contributed by atoms with Crippen molar-refractivity contribution >= 4 is 5.82 Å². The molecule has 2 atom stereocenters. The monoisotopic (exact) mass is 259 g/mol. The SMILES string of the molecule is Cc1cc(CNC2CC2)cc(N2CC(C)C(C)C2)n1. The number of nitrogens with zero attached hydrogens (tertiary/aromatic N) is 2. The summed E-state index contributed by atoms with van der Waals surface area (Å²) in [4.78, 5) is 7.17. The van der Waals surface area contributed by atoms with Crippen molar-refractivity contribution in [3.63, 3.8) is 0 Å². The van der Waals surface area contributed by atoms with E-state index in [1.807, 2.05) is 0 Å². The molecule has 1 saturated heterocycles. The molecule has 1 saturated carbocycles. The van der Waals surface area contributed by atoms with E-state index in [1.165, 1.54) is 24.2 Å². The van der Waals surface area contributed by atoms with Gasteiger partial charge >= 0.3 is 0 Å². The van der Waals surface area contributed by atoms with Crippen LogP contribution < -0.4 is 10.2 Å². The molecule has 0 aromatic carbocycles. The molecule has 1 aliphatic heterocycles. The summed E-state index contributed by atoms with van der Waals surface area (Å²) in [6, 6.07) is 5.25. The van der Waals surface area contributed by atoms with Gasteiger partial charge < -0.3 is 10.2 Å². The van der Waals surface area contributed by atoms with Crippen molar-refractivity contribution in [3.05, 3.63) is 23.4 Å². The summed E-state index contributed by atoms with van der Waals surface area (Å²) in [6.07, 6.45) is 2.69. The van der Waals surface area contributed by atoms with Crippen LogP contribution >= 0.6 is 0 Å². The Labute approximate surface area is 116 Å². The molecule has 2 fully saturated rings. The minimum absolute atomic E-state index is 0.767. The molecule has 0 amide bonds. The van der Waals surface area contributed by atoms with Crippen LogP contribution in [0.15, 0.2) is 12.1 Å². The summed E-state index contributed by atoms with van der Waals surface area (Å²) in [5, 5.41) is 3.59. The van der Waals surface area contributed by atoms with Crippen LogP contribution in [-0.4, -0.2) is 24.1 Å². The van der Waals surface area contributed by atoms with Gasteiger partial charge in [-0.3, -0.25) is 0 Å². The van der Waals surface area contributed by atoms with E-state index in [2.05, 4.69) is 43.1 Å². The molecule has 3 nitrogen and oxygen atoms in total. The fourth-order valence-electron chi connectivity index (χ4n) is 2.85. The van der Waals surface area contributed by atoms with Gasteiger partial charge in [-0.05, 0) is 49.3 Å². The van der Waals surface area contributed by atoms with Crippen LogP contribution in [0.5, 0.6) is 0 Å². The predicted octanol–water partition coefficient (Wildman–Crippen LogP) is 2.73. The first kappa shape index (κ1) is 12.9. The maximum absolute atomic E-state index is 4.73. The third kappa shape index (κ3) is 3.08. The Morgan fingerprint density at radius 2 is 1.89 bits per heavy atom. The topological polar surface area (TPSA) is 28.2 Å². The van der Waals surface area contributed by atoms with Crippen molar-refractivity contribution in [2.24, 2.45) is 11.8 Å². The number of rotatable bonds is 4. The molecule has 1 N–H and O–H groups in total. The van der Waals surface area contributed by atoms with Gasteiger partial charge in [0.25, 0.3) is 0 Å². The summed E-state index contributed by atoms with van der Waals surface area (Å²) in [7, 11) is 0. The Bertz CT molecular complexity index is 443. The number of aryl methyl sites for hydroxylation is 1. The third-order valence-electron chi connectivity index (χ3n) is 4.48. The second-order valence-electron chi connectivity index (χ2n) is 6.49. The zero-order chi connectivity index (χ0) is 13.4. The van der Waals surface area contributed by atoms with Crippen molar-refractivity contribution in [2.75, 3.05) is 18.0 Å². The molecule has 2 unspecified atom stereocenters. The molecule has 0 radical (unpaired) electrons. The molecule has 2 aliphatic rings. The summed E-state index contributed by atoms with van der Waals surface area (Å²) in [5.74, 6) is 2.72. The molecular weight excluding hydrogens is 234 g/mol. The van der Waals surface area contributed by atoms with Gasteiger partial charge in [0, 0.05) is 31.4 Å². The molecule has 1 aromatic heterocycles. The fraction of sp³-hybridized carbons (Fsp3) is 0.688. The molecule has 1 aromatic rings. The minimum Gasteiger partial charge on any atom is -0.356 e. The Kier molecular flexibility index (Phi) is 3.48. The van der Waals surface area contributed by atoms with Crippen molar-refractivity contribution in [3.8, 4) is 0 Å². The van der Waals surface area contributed by atoms with E-state index in [9.17, 15) is 0 Å². The third-order valence-corrected chi connectivity index (χ3v) is 4.48. The highest BCUT2D eigenvalue weighted by molar-refractivity contribution is 5.44. The summed E-state index contributed by atoms with van der Waals surface area (Å²) >= 11 is 0. The van der Waals surface area contributed by atoms with E-state index in [1.54, 1.807) is 0 Å². The summed E-state index contributed by atoms with van der Waals surface area (Å²) in [5.41, 5.74) is 2.51. The molecule has 1 aliphatic carbocycles. The van der Waals surface area contributed by atoms with E-state index >= 15 is 0 Å².